The van der Waals surface area contributed by atoms with Crippen LogP contribution in [-0.4, -0.2) is 54.0 Å². The predicted octanol–water partition coefficient (Wildman–Crippen LogP) is 3.53. The molecule has 2 heterocycles. The van der Waals surface area contributed by atoms with Crippen molar-refractivity contribution in [2.75, 3.05) is 18.8 Å². The molecule has 11 nitrogen and oxygen atoms in total. The van der Waals surface area contributed by atoms with Gasteiger partial charge >= 0.3 is 0 Å². The maximum Gasteiger partial charge on any atom is 0.273 e. The smallest absolute Gasteiger partial charge is 0.273 e. The first-order chi connectivity index (χ1) is 19.8. The third-order valence-electron chi connectivity index (χ3n) is 6.34. The highest BCUT2D eigenvalue weighted by Crippen LogP contribution is 2.32. The Bertz CT molecular complexity index is 1610. The van der Waals surface area contributed by atoms with Crippen LogP contribution in [-0.2, 0) is 26.3 Å². The number of aliphatic imine (C=N–C) groups is 1. The molecule has 42 heavy (non-hydrogen) atoms. The number of nitrogen functional groups attached to an aromatic ring is 1. The number of hydroxylamine groups is 2. The fourth-order valence-electron chi connectivity index (χ4n) is 4.14. The summed E-state index contributed by atoms with van der Waals surface area (Å²) in [5.41, 5.74) is 15.2. The standard InChI is InChI=1S/C30H36N6O5S/c1-4-11-36(41-18-20-5-9-25(31)10-6-20)29(37)23-12-22-8-7-21(14-27(22)35-28(32)15-23)24-13-26(17-33-16-24)42(39,40)34-19-30(2,3)38/h5-10,12-14,16-17,34,38H,4,11,15,18-19,31H2,1-3H3,(H2,32,35). The summed E-state index contributed by atoms with van der Waals surface area (Å²) in [5, 5.41) is 11.3. The molecule has 6 N–H and O–H groups in total. The van der Waals surface area contributed by atoms with E-state index in [1.54, 1.807) is 42.6 Å². The highest BCUT2D eigenvalue weighted by Gasteiger charge is 2.23. The van der Waals surface area contributed by atoms with E-state index >= 15 is 0 Å². The lowest BCUT2D eigenvalue weighted by molar-refractivity contribution is -0.187. The SMILES string of the molecule is CCCN(OCc1ccc(N)cc1)C(=O)C1=Cc2ccc(-c3cncc(S(=O)(=O)NCC(C)(C)O)c3)cc2N=C(N)C1. The monoisotopic (exact) mass is 592 g/mol. The molecule has 3 aromatic rings. The number of anilines is 1. The molecule has 1 aromatic heterocycles. The average Bonchev–Trinajstić information content (AvgIpc) is 3.12. The molecule has 0 radical (unpaired) electrons. The molecule has 0 fully saturated rings. The summed E-state index contributed by atoms with van der Waals surface area (Å²) in [6.45, 7) is 5.43. The minimum atomic E-state index is -3.90. The van der Waals surface area contributed by atoms with Gasteiger partial charge in [-0.25, -0.2) is 23.2 Å². The number of nitrogens with zero attached hydrogens (tertiary/aromatic N) is 3. The number of amides is 1. The molecular formula is C30H36N6O5S. The van der Waals surface area contributed by atoms with Gasteiger partial charge < -0.3 is 16.6 Å². The summed E-state index contributed by atoms with van der Waals surface area (Å²) in [4.78, 5) is 28.0. The van der Waals surface area contributed by atoms with Crippen LogP contribution in [0.5, 0.6) is 0 Å². The molecule has 0 unspecified atom stereocenters. The molecule has 2 aromatic carbocycles. The maximum absolute atomic E-state index is 13.5. The molecule has 0 saturated carbocycles. The number of benzene rings is 2. The first-order valence-corrected chi connectivity index (χ1v) is 15.0. The Morgan fingerprint density at radius 1 is 1.10 bits per heavy atom. The number of carbonyl (C=O) groups is 1. The number of aliphatic hydroxyl groups is 1. The van der Waals surface area contributed by atoms with E-state index in [0.717, 1.165) is 5.56 Å². The van der Waals surface area contributed by atoms with Gasteiger partial charge in [0, 0.05) is 54.3 Å². The van der Waals surface area contributed by atoms with Gasteiger partial charge in [-0.3, -0.25) is 14.6 Å². The topological polar surface area (TPSA) is 173 Å². The van der Waals surface area contributed by atoms with Gasteiger partial charge in [0.25, 0.3) is 5.91 Å². The van der Waals surface area contributed by atoms with E-state index in [1.807, 2.05) is 19.1 Å². The van der Waals surface area contributed by atoms with E-state index in [9.17, 15) is 18.3 Å². The number of rotatable bonds is 11. The van der Waals surface area contributed by atoms with Crippen molar-refractivity contribution in [3.05, 3.63) is 77.6 Å². The highest BCUT2D eigenvalue weighted by atomic mass is 32.2. The molecule has 12 heteroatoms. The fraction of sp³-hybridized carbons (Fsp3) is 0.300. The molecule has 1 aliphatic heterocycles. The van der Waals surface area contributed by atoms with Crippen LogP contribution >= 0.6 is 0 Å². The molecule has 0 atom stereocenters. The zero-order chi connectivity index (χ0) is 30.5. The molecule has 222 valence electrons. The first-order valence-electron chi connectivity index (χ1n) is 13.5. The summed E-state index contributed by atoms with van der Waals surface area (Å²) in [6, 6.07) is 14.1. The van der Waals surface area contributed by atoms with Gasteiger partial charge in [0.05, 0.1) is 11.3 Å². The minimum absolute atomic E-state index is 0.0371. The van der Waals surface area contributed by atoms with Crippen LogP contribution in [0.2, 0.25) is 0 Å². The number of fused-ring (bicyclic) bond motifs is 1. The molecule has 1 amide bonds. The molecule has 0 spiro atoms. The largest absolute Gasteiger partial charge is 0.399 e. The van der Waals surface area contributed by atoms with E-state index in [-0.39, 0.29) is 36.2 Å². The van der Waals surface area contributed by atoms with Crippen LogP contribution in [0, 0.1) is 0 Å². The van der Waals surface area contributed by atoms with Gasteiger partial charge in [0.1, 0.15) is 17.3 Å². The van der Waals surface area contributed by atoms with Crippen molar-refractivity contribution in [2.45, 2.75) is 50.7 Å². The summed E-state index contributed by atoms with van der Waals surface area (Å²) in [5.74, 6) is -0.0474. The number of hydrogen-bond donors (Lipinski definition) is 4. The molecule has 1 aliphatic rings. The maximum atomic E-state index is 13.5. The molecular weight excluding hydrogens is 556 g/mol. The van der Waals surface area contributed by atoms with E-state index < -0.39 is 15.6 Å². The van der Waals surface area contributed by atoms with Gasteiger partial charge in [0.15, 0.2) is 0 Å². The van der Waals surface area contributed by atoms with Crippen LogP contribution in [0.15, 0.2) is 76.4 Å². The van der Waals surface area contributed by atoms with Crippen LogP contribution in [0.4, 0.5) is 11.4 Å². The van der Waals surface area contributed by atoms with E-state index in [4.69, 9.17) is 16.3 Å². The third kappa shape index (κ3) is 8.01. The molecule has 0 aliphatic carbocycles. The van der Waals surface area contributed by atoms with Crippen LogP contribution in [0.1, 0.15) is 44.7 Å². The van der Waals surface area contributed by atoms with E-state index in [1.165, 1.54) is 31.2 Å². The Balaban J connectivity index is 1.58. The number of aromatic nitrogens is 1. The van der Waals surface area contributed by atoms with Crippen LogP contribution in [0.3, 0.4) is 0 Å². The van der Waals surface area contributed by atoms with Crippen molar-refractivity contribution in [3.63, 3.8) is 0 Å². The lowest BCUT2D eigenvalue weighted by Gasteiger charge is -2.22. The lowest BCUT2D eigenvalue weighted by atomic mass is 10.0. The zero-order valence-electron chi connectivity index (χ0n) is 23.9. The summed E-state index contributed by atoms with van der Waals surface area (Å²) < 4.78 is 27.9. The number of hydrogen-bond acceptors (Lipinski definition) is 9. The van der Waals surface area contributed by atoms with E-state index in [2.05, 4.69) is 14.7 Å². The highest BCUT2D eigenvalue weighted by molar-refractivity contribution is 7.89. The quantitative estimate of drug-likeness (QED) is 0.193. The van der Waals surface area contributed by atoms with Crippen LogP contribution in [0.25, 0.3) is 17.2 Å². The number of amidine groups is 1. The van der Waals surface area contributed by atoms with E-state index in [0.29, 0.717) is 46.6 Å². The second-order valence-electron chi connectivity index (χ2n) is 10.7. The Hall–Kier alpha value is -4.10. The number of sulfonamides is 1. The van der Waals surface area contributed by atoms with Gasteiger partial charge in [-0.05, 0) is 61.7 Å². The van der Waals surface area contributed by atoms with Crippen molar-refractivity contribution < 1.29 is 23.2 Å². The van der Waals surface area contributed by atoms with Crippen molar-refractivity contribution in [1.29, 1.82) is 0 Å². The predicted molar refractivity (Wildman–Crippen MR) is 163 cm³/mol. The Labute approximate surface area is 245 Å². The van der Waals surface area contributed by atoms with Crippen LogP contribution < -0.4 is 16.2 Å². The Kier molecular flexibility index (Phi) is 9.42. The molecule has 0 saturated heterocycles. The van der Waals surface area contributed by atoms with Crippen molar-refractivity contribution in [2.24, 2.45) is 10.7 Å². The minimum Gasteiger partial charge on any atom is -0.399 e. The van der Waals surface area contributed by atoms with Gasteiger partial charge in [0.2, 0.25) is 10.0 Å². The molecule has 0 bridgehead atoms. The fourth-order valence-corrected chi connectivity index (χ4v) is 5.33. The Morgan fingerprint density at radius 3 is 2.52 bits per heavy atom. The van der Waals surface area contributed by atoms with Crippen molar-refractivity contribution in [3.8, 4) is 11.1 Å². The second-order valence-corrected chi connectivity index (χ2v) is 12.5. The van der Waals surface area contributed by atoms with Gasteiger partial charge in [-0.15, -0.1) is 0 Å². The third-order valence-corrected chi connectivity index (χ3v) is 7.71. The number of nitrogens with one attached hydrogen (secondary N) is 1. The summed E-state index contributed by atoms with van der Waals surface area (Å²) in [6.07, 6.45) is 5.37. The zero-order valence-corrected chi connectivity index (χ0v) is 24.7. The summed E-state index contributed by atoms with van der Waals surface area (Å²) in [7, 11) is -3.90. The van der Waals surface area contributed by atoms with Gasteiger partial charge in [-0.1, -0.05) is 31.2 Å². The van der Waals surface area contributed by atoms with Crippen molar-refractivity contribution >= 4 is 39.2 Å². The number of pyridine rings is 1. The van der Waals surface area contributed by atoms with Gasteiger partial charge in [-0.2, -0.15) is 0 Å². The number of carbonyl (C=O) groups excluding carboxylic acids is 1. The lowest BCUT2D eigenvalue weighted by Crippen LogP contribution is -2.38. The second kappa shape index (κ2) is 12.8. The Morgan fingerprint density at radius 2 is 1.83 bits per heavy atom. The first kappa shape index (κ1) is 30.8. The number of nitrogens with two attached hydrogens (primary N) is 2. The molecule has 4 rings (SSSR count). The van der Waals surface area contributed by atoms with Crippen molar-refractivity contribution in [1.82, 2.24) is 14.8 Å². The normalized spacial score (nSPS) is 13.5. The summed E-state index contributed by atoms with van der Waals surface area (Å²) >= 11 is 0. The average molecular weight is 593 g/mol.